The number of aromatic nitrogens is 2. The molecule has 1 aliphatic heterocycles. The summed E-state index contributed by atoms with van der Waals surface area (Å²) < 4.78 is 1.90. The van der Waals surface area contributed by atoms with E-state index in [1.165, 1.54) is 5.56 Å². The molecule has 0 bridgehead atoms. The van der Waals surface area contributed by atoms with Crippen molar-refractivity contribution in [2.45, 2.75) is 38.3 Å². The standard InChI is InChI=1S/C18H24N4O2/c1-13-14(12-22(21-13)15-7-3-2-4-8-15)6-5-9-19-18(24)17-10-16(23)11-20-17/h2-4,7-8,12,16-17,20,23H,5-6,9-11H2,1H3,(H,19,24)/t16-,17+/m0/s1. The second-order valence-corrected chi connectivity index (χ2v) is 6.26. The van der Waals surface area contributed by atoms with Crippen LogP contribution in [0.1, 0.15) is 24.1 Å². The van der Waals surface area contributed by atoms with E-state index in [0.29, 0.717) is 19.5 Å². The third kappa shape index (κ3) is 4.01. The van der Waals surface area contributed by atoms with Crippen LogP contribution in [-0.2, 0) is 11.2 Å². The second-order valence-electron chi connectivity index (χ2n) is 6.26. The van der Waals surface area contributed by atoms with Gasteiger partial charge in [-0.1, -0.05) is 18.2 Å². The predicted molar refractivity (Wildman–Crippen MR) is 92.0 cm³/mol. The lowest BCUT2D eigenvalue weighted by Gasteiger charge is -2.10. The Kier molecular flexibility index (Phi) is 5.27. The number of nitrogens with one attached hydrogen (secondary N) is 2. The van der Waals surface area contributed by atoms with Crippen LogP contribution in [0.15, 0.2) is 36.5 Å². The van der Waals surface area contributed by atoms with Gasteiger partial charge < -0.3 is 15.7 Å². The molecule has 1 aromatic heterocycles. The molecule has 0 aliphatic carbocycles. The Morgan fingerprint density at radius 2 is 2.21 bits per heavy atom. The molecule has 2 aromatic rings. The number of nitrogens with zero attached hydrogens (tertiary/aromatic N) is 2. The van der Waals surface area contributed by atoms with E-state index >= 15 is 0 Å². The molecule has 128 valence electrons. The van der Waals surface area contributed by atoms with Crippen LogP contribution >= 0.6 is 0 Å². The summed E-state index contributed by atoms with van der Waals surface area (Å²) in [4.78, 5) is 12.0. The molecule has 1 saturated heterocycles. The van der Waals surface area contributed by atoms with Crippen molar-refractivity contribution in [3.8, 4) is 5.69 Å². The minimum atomic E-state index is -0.410. The highest BCUT2D eigenvalue weighted by Gasteiger charge is 2.27. The van der Waals surface area contributed by atoms with Crippen molar-refractivity contribution in [1.82, 2.24) is 20.4 Å². The smallest absolute Gasteiger partial charge is 0.237 e. The molecule has 0 spiro atoms. The summed E-state index contributed by atoms with van der Waals surface area (Å²) in [6, 6.07) is 9.77. The van der Waals surface area contributed by atoms with E-state index in [4.69, 9.17) is 0 Å². The number of aliphatic hydroxyl groups is 1. The SMILES string of the molecule is Cc1nn(-c2ccccc2)cc1CCCNC(=O)[C@H]1C[C@H](O)CN1. The van der Waals surface area contributed by atoms with Gasteiger partial charge in [-0.25, -0.2) is 4.68 Å². The van der Waals surface area contributed by atoms with Crippen LogP contribution in [-0.4, -0.2) is 46.0 Å². The zero-order chi connectivity index (χ0) is 16.9. The monoisotopic (exact) mass is 328 g/mol. The topological polar surface area (TPSA) is 79.2 Å². The number of β-amino-alcohol motifs (C(OH)–C–C–N with tert-alkyl or cyclic N) is 1. The maximum Gasteiger partial charge on any atom is 0.237 e. The van der Waals surface area contributed by atoms with Gasteiger partial charge in [-0.15, -0.1) is 0 Å². The fourth-order valence-electron chi connectivity index (χ4n) is 2.98. The van der Waals surface area contributed by atoms with E-state index in [1.54, 1.807) is 0 Å². The van der Waals surface area contributed by atoms with Crippen LogP contribution in [0.2, 0.25) is 0 Å². The zero-order valence-electron chi connectivity index (χ0n) is 13.9. The molecule has 6 heteroatoms. The molecule has 1 fully saturated rings. The fourth-order valence-corrected chi connectivity index (χ4v) is 2.98. The highest BCUT2D eigenvalue weighted by molar-refractivity contribution is 5.82. The van der Waals surface area contributed by atoms with Crippen molar-refractivity contribution in [2.24, 2.45) is 0 Å². The van der Waals surface area contributed by atoms with Gasteiger partial charge in [-0.05, 0) is 43.9 Å². The minimum absolute atomic E-state index is 0.0248. The van der Waals surface area contributed by atoms with Crippen LogP contribution in [0.4, 0.5) is 0 Å². The van der Waals surface area contributed by atoms with Gasteiger partial charge >= 0.3 is 0 Å². The zero-order valence-corrected chi connectivity index (χ0v) is 13.9. The number of aliphatic hydroxyl groups excluding tert-OH is 1. The summed E-state index contributed by atoms with van der Waals surface area (Å²) in [6.07, 6.45) is 3.88. The largest absolute Gasteiger partial charge is 0.392 e. The normalized spacial score (nSPS) is 20.2. The molecule has 1 aliphatic rings. The molecule has 0 saturated carbocycles. The summed E-state index contributed by atoms with van der Waals surface area (Å²) in [5, 5.41) is 20.0. The maximum atomic E-state index is 12.0. The quantitative estimate of drug-likeness (QED) is 0.690. The molecule has 2 atom stereocenters. The van der Waals surface area contributed by atoms with Crippen molar-refractivity contribution >= 4 is 5.91 Å². The van der Waals surface area contributed by atoms with Gasteiger partial charge in [-0.3, -0.25) is 4.79 Å². The van der Waals surface area contributed by atoms with E-state index in [0.717, 1.165) is 24.2 Å². The number of amides is 1. The highest BCUT2D eigenvalue weighted by Crippen LogP contribution is 2.13. The fraction of sp³-hybridized carbons (Fsp3) is 0.444. The molecule has 3 rings (SSSR count). The maximum absolute atomic E-state index is 12.0. The Morgan fingerprint density at radius 1 is 1.42 bits per heavy atom. The van der Waals surface area contributed by atoms with Gasteiger partial charge in [-0.2, -0.15) is 5.10 Å². The predicted octanol–water partition coefficient (Wildman–Crippen LogP) is 0.952. The molecule has 0 radical (unpaired) electrons. The van der Waals surface area contributed by atoms with E-state index in [-0.39, 0.29) is 11.9 Å². The third-order valence-corrected chi connectivity index (χ3v) is 4.37. The number of carbonyl (C=O) groups excluding carboxylic acids is 1. The summed E-state index contributed by atoms with van der Waals surface area (Å²) >= 11 is 0. The summed E-state index contributed by atoms with van der Waals surface area (Å²) in [6.45, 7) is 3.14. The number of aryl methyl sites for hydroxylation is 2. The second kappa shape index (κ2) is 7.59. The van der Waals surface area contributed by atoms with Crippen molar-refractivity contribution in [1.29, 1.82) is 0 Å². The van der Waals surface area contributed by atoms with E-state index in [1.807, 2.05) is 41.9 Å². The van der Waals surface area contributed by atoms with Crippen LogP contribution in [0.3, 0.4) is 0 Å². The van der Waals surface area contributed by atoms with Gasteiger partial charge in [0.2, 0.25) is 5.91 Å². The van der Waals surface area contributed by atoms with E-state index in [9.17, 15) is 9.90 Å². The van der Waals surface area contributed by atoms with Crippen LogP contribution < -0.4 is 10.6 Å². The summed E-state index contributed by atoms with van der Waals surface area (Å²) in [5.41, 5.74) is 3.26. The first-order valence-corrected chi connectivity index (χ1v) is 8.43. The Labute approximate surface area is 141 Å². The van der Waals surface area contributed by atoms with E-state index < -0.39 is 6.10 Å². The first-order valence-electron chi connectivity index (χ1n) is 8.43. The summed E-state index contributed by atoms with van der Waals surface area (Å²) in [7, 11) is 0. The third-order valence-electron chi connectivity index (χ3n) is 4.37. The number of hydrogen-bond acceptors (Lipinski definition) is 4. The number of para-hydroxylation sites is 1. The molecular formula is C18H24N4O2. The lowest BCUT2D eigenvalue weighted by atomic mass is 10.1. The number of hydrogen-bond donors (Lipinski definition) is 3. The highest BCUT2D eigenvalue weighted by atomic mass is 16.3. The van der Waals surface area contributed by atoms with Gasteiger partial charge in [0.25, 0.3) is 0 Å². The number of rotatable bonds is 6. The average Bonchev–Trinajstić information content (AvgIpc) is 3.18. The molecule has 0 unspecified atom stereocenters. The lowest BCUT2D eigenvalue weighted by molar-refractivity contribution is -0.122. The Bertz CT molecular complexity index is 684. The first kappa shape index (κ1) is 16.7. The van der Waals surface area contributed by atoms with Gasteiger partial charge in [0.05, 0.1) is 23.5 Å². The molecule has 6 nitrogen and oxygen atoms in total. The first-order chi connectivity index (χ1) is 11.6. The van der Waals surface area contributed by atoms with Crippen molar-refractivity contribution < 1.29 is 9.90 Å². The number of benzene rings is 1. The molecule has 1 aromatic carbocycles. The van der Waals surface area contributed by atoms with Gasteiger partial charge in [0.15, 0.2) is 0 Å². The molecule has 24 heavy (non-hydrogen) atoms. The van der Waals surface area contributed by atoms with Crippen LogP contribution in [0, 0.1) is 6.92 Å². The average molecular weight is 328 g/mol. The van der Waals surface area contributed by atoms with Gasteiger partial charge in [0.1, 0.15) is 0 Å². The van der Waals surface area contributed by atoms with Crippen LogP contribution in [0.5, 0.6) is 0 Å². The van der Waals surface area contributed by atoms with Gasteiger partial charge in [0, 0.05) is 19.3 Å². The van der Waals surface area contributed by atoms with Crippen molar-refractivity contribution in [2.75, 3.05) is 13.1 Å². The minimum Gasteiger partial charge on any atom is -0.392 e. The Balaban J connectivity index is 1.47. The molecular weight excluding hydrogens is 304 g/mol. The molecule has 3 N–H and O–H groups in total. The number of carbonyl (C=O) groups is 1. The van der Waals surface area contributed by atoms with Crippen molar-refractivity contribution in [3.05, 3.63) is 47.8 Å². The Morgan fingerprint density at radius 3 is 2.92 bits per heavy atom. The van der Waals surface area contributed by atoms with Crippen molar-refractivity contribution in [3.63, 3.8) is 0 Å². The Hall–Kier alpha value is -2.18. The molecule has 2 heterocycles. The molecule has 1 amide bonds. The lowest BCUT2D eigenvalue weighted by Crippen LogP contribution is -2.40. The summed E-state index contributed by atoms with van der Waals surface area (Å²) in [5.74, 6) is -0.0248. The van der Waals surface area contributed by atoms with E-state index in [2.05, 4.69) is 21.9 Å². The van der Waals surface area contributed by atoms with Crippen LogP contribution in [0.25, 0.3) is 5.69 Å².